The number of hydrogen-bond donors (Lipinski definition) is 1. The molecule has 4 nitrogen and oxygen atoms in total. The molecule has 2 aromatic carbocycles. The third-order valence-corrected chi connectivity index (χ3v) is 3.85. The average molecular weight is 292 g/mol. The molecule has 0 aromatic heterocycles. The molecule has 0 bridgehead atoms. The molecule has 0 unspecified atom stereocenters. The zero-order valence-electron chi connectivity index (χ0n) is 12.5. The Morgan fingerprint density at radius 2 is 1.68 bits per heavy atom. The number of carbonyl (C=O) groups excluding carboxylic acids is 2. The number of aryl methyl sites for hydroxylation is 1. The Labute approximate surface area is 129 Å². The molecule has 1 heterocycles. The maximum atomic E-state index is 12.5. The third-order valence-electron chi connectivity index (χ3n) is 3.85. The van der Waals surface area contributed by atoms with Crippen molar-refractivity contribution in [2.24, 2.45) is 0 Å². The van der Waals surface area contributed by atoms with Gasteiger partial charge in [-0.15, -0.1) is 0 Å². The molecule has 3 rings (SSSR count). The minimum absolute atomic E-state index is 0.151. The van der Waals surface area contributed by atoms with Crippen LogP contribution in [0.4, 0.5) is 5.69 Å². The van der Waals surface area contributed by atoms with Crippen molar-refractivity contribution in [2.75, 3.05) is 5.01 Å². The van der Waals surface area contributed by atoms with Crippen LogP contribution in [-0.4, -0.2) is 11.8 Å². The van der Waals surface area contributed by atoms with Crippen LogP contribution >= 0.6 is 0 Å². The van der Waals surface area contributed by atoms with Gasteiger partial charge in [0.25, 0.3) is 11.8 Å². The van der Waals surface area contributed by atoms with E-state index >= 15 is 0 Å². The molecule has 1 N–H and O–H groups in total. The second-order valence-electron chi connectivity index (χ2n) is 5.26. The number of hydrazine groups is 1. The summed E-state index contributed by atoms with van der Waals surface area (Å²) >= 11 is 0. The standard InChI is InChI=1S/C18H16N2O2/c1-12-7-6-8-14(13(12)2)11-16-17(21)19-20(18(16)22)15-9-4-3-5-10-15/h3-11H,1-2H3,(H,19,21)/b16-11-. The van der Waals surface area contributed by atoms with Crippen LogP contribution in [0.5, 0.6) is 0 Å². The van der Waals surface area contributed by atoms with Crippen LogP contribution in [0.1, 0.15) is 16.7 Å². The number of nitrogens with zero attached hydrogens (tertiary/aromatic N) is 1. The first-order valence-electron chi connectivity index (χ1n) is 7.06. The van der Waals surface area contributed by atoms with Crippen molar-refractivity contribution in [2.45, 2.75) is 13.8 Å². The van der Waals surface area contributed by atoms with E-state index in [1.165, 1.54) is 5.01 Å². The van der Waals surface area contributed by atoms with E-state index in [-0.39, 0.29) is 17.4 Å². The average Bonchev–Trinajstić information content (AvgIpc) is 2.80. The highest BCUT2D eigenvalue weighted by Crippen LogP contribution is 2.22. The molecule has 1 aliphatic rings. The van der Waals surface area contributed by atoms with E-state index in [1.54, 1.807) is 18.2 Å². The van der Waals surface area contributed by atoms with Crippen LogP contribution in [0.25, 0.3) is 6.08 Å². The van der Waals surface area contributed by atoms with Gasteiger partial charge >= 0.3 is 0 Å². The van der Waals surface area contributed by atoms with E-state index in [9.17, 15) is 9.59 Å². The number of amides is 2. The topological polar surface area (TPSA) is 49.4 Å². The summed E-state index contributed by atoms with van der Waals surface area (Å²) in [6.07, 6.45) is 1.66. The van der Waals surface area contributed by atoms with Crippen LogP contribution in [0.3, 0.4) is 0 Å². The smallest absolute Gasteiger partial charge is 0.267 e. The first kappa shape index (κ1) is 14.1. The molecule has 1 saturated heterocycles. The second kappa shape index (κ2) is 5.48. The Bertz CT molecular complexity index is 779. The van der Waals surface area contributed by atoms with Crippen molar-refractivity contribution in [1.82, 2.24) is 5.43 Å². The van der Waals surface area contributed by atoms with Crippen molar-refractivity contribution in [3.05, 3.63) is 70.8 Å². The minimum atomic E-state index is -0.380. The van der Waals surface area contributed by atoms with E-state index in [0.717, 1.165) is 16.7 Å². The number of benzene rings is 2. The van der Waals surface area contributed by atoms with Crippen molar-refractivity contribution in [3.63, 3.8) is 0 Å². The summed E-state index contributed by atoms with van der Waals surface area (Å²) in [5, 5.41) is 1.28. The Morgan fingerprint density at radius 3 is 2.41 bits per heavy atom. The number of anilines is 1. The Morgan fingerprint density at radius 1 is 0.955 bits per heavy atom. The summed E-state index contributed by atoms with van der Waals surface area (Å²) in [5.74, 6) is -0.716. The van der Waals surface area contributed by atoms with Gasteiger partial charge in [-0.05, 0) is 48.7 Å². The maximum absolute atomic E-state index is 12.5. The van der Waals surface area contributed by atoms with Gasteiger partial charge in [0.1, 0.15) is 5.57 Å². The molecule has 0 spiro atoms. The molecule has 0 saturated carbocycles. The van der Waals surface area contributed by atoms with Crippen molar-refractivity contribution >= 4 is 23.6 Å². The lowest BCUT2D eigenvalue weighted by atomic mass is 10.0. The summed E-state index contributed by atoms with van der Waals surface area (Å²) in [6, 6.07) is 14.9. The van der Waals surface area contributed by atoms with E-state index < -0.39 is 0 Å². The first-order chi connectivity index (χ1) is 10.6. The predicted molar refractivity (Wildman–Crippen MR) is 86.0 cm³/mol. The molecule has 22 heavy (non-hydrogen) atoms. The highest BCUT2D eigenvalue weighted by atomic mass is 16.2. The van der Waals surface area contributed by atoms with Gasteiger partial charge in [-0.1, -0.05) is 36.4 Å². The molecular formula is C18H16N2O2. The molecule has 0 radical (unpaired) electrons. The molecule has 1 aliphatic heterocycles. The number of rotatable bonds is 2. The molecule has 1 fully saturated rings. The Kier molecular flexibility index (Phi) is 3.51. The molecular weight excluding hydrogens is 276 g/mol. The van der Waals surface area contributed by atoms with Crippen LogP contribution in [0.15, 0.2) is 54.1 Å². The van der Waals surface area contributed by atoms with Gasteiger partial charge in [-0.3, -0.25) is 15.0 Å². The van der Waals surface area contributed by atoms with E-state index in [1.807, 2.05) is 50.2 Å². The quantitative estimate of drug-likeness (QED) is 0.683. The van der Waals surface area contributed by atoms with Crippen LogP contribution < -0.4 is 10.4 Å². The fourth-order valence-corrected chi connectivity index (χ4v) is 2.40. The lowest BCUT2D eigenvalue weighted by molar-refractivity contribution is -0.117. The summed E-state index contributed by atoms with van der Waals surface area (Å²) in [4.78, 5) is 24.6. The van der Waals surface area contributed by atoms with E-state index in [0.29, 0.717) is 5.69 Å². The lowest BCUT2D eigenvalue weighted by Gasteiger charge is -2.13. The zero-order chi connectivity index (χ0) is 15.7. The summed E-state index contributed by atoms with van der Waals surface area (Å²) < 4.78 is 0. The predicted octanol–water partition coefficient (Wildman–Crippen LogP) is 2.76. The monoisotopic (exact) mass is 292 g/mol. The van der Waals surface area contributed by atoms with Crippen LogP contribution in [0.2, 0.25) is 0 Å². The first-order valence-corrected chi connectivity index (χ1v) is 7.06. The van der Waals surface area contributed by atoms with Gasteiger partial charge in [0.05, 0.1) is 5.69 Å². The molecule has 110 valence electrons. The normalized spacial score (nSPS) is 16.3. The van der Waals surface area contributed by atoms with Crippen LogP contribution in [0, 0.1) is 13.8 Å². The number of para-hydroxylation sites is 1. The molecule has 0 aliphatic carbocycles. The zero-order valence-corrected chi connectivity index (χ0v) is 12.5. The number of nitrogens with one attached hydrogen (secondary N) is 1. The Hall–Kier alpha value is -2.88. The molecule has 0 atom stereocenters. The molecule has 4 heteroatoms. The second-order valence-corrected chi connectivity index (χ2v) is 5.26. The largest absolute Gasteiger partial charge is 0.282 e. The summed E-state index contributed by atoms with van der Waals surface area (Å²) in [7, 11) is 0. The fraction of sp³-hybridized carbons (Fsp3) is 0.111. The number of hydrogen-bond acceptors (Lipinski definition) is 2. The van der Waals surface area contributed by atoms with Gasteiger partial charge in [0.2, 0.25) is 0 Å². The minimum Gasteiger partial charge on any atom is -0.267 e. The SMILES string of the molecule is Cc1cccc(/C=C2/C(=O)NN(c3ccccc3)C2=O)c1C. The van der Waals surface area contributed by atoms with Gasteiger partial charge < -0.3 is 0 Å². The third kappa shape index (κ3) is 2.39. The highest BCUT2D eigenvalue weighted by Gasteiger charge is 2.34. The van der Waals surface area contributed by atoms with E-state index in [2.05, 4.69) is 5.43 Å². The van der Waals surface area contributed by atoms with Gasteiger partial charge in [-0.2, -0.15) is 0 Å². The lowest BCUT2D eigenvalue weighted by Crippen LogP contribution is -2.35. The summed E-state index contributed by atoms with van der Waals surface area (Å²) in [5.41, 5.74) is 6.47. The van der Waals surface area contributed by atoms with Crippen molar-refractivity contribution in [1.29, 1.82) is 0 Å². The highest BCUT2D eigenvalue weighted by molar-refractivity contribution is 6.31. The van der Waals surface area contributed by atoms with Gasteiger partial charge in [0.15, 0.2) is 0 Å². The summed E-state index contributed by atoms with van der Waals surface area (Å²) in [6.45, 7) is 3.98. The fourth-order valence-electron chi connectivity index (χ4n) is 2.40. The molecule has 2 aromatic rings. The van der Waals surface area contributed by atoms with Crippen molar-refractivity contribution in [3.8, 4) is 0 Å². The van der Waals surface area contributed by atoms with Crippen molar-refractivity contribution < 1.29 is 9.59 Å². The maximum Gasteiger partial charge on any atom is 0.282 e. The molecule has 2 amide bonds. The van der Waals surface area contributed by atoms with Crippen LogP contribution in [-0.2, 0) is 9.59 Å². The number of carbonyl (C=O) groups is 2. The van der Waals surface area contributed by atoms with Gasteiger partial charge in [-0.25, -0.2) is 5.01 Å². The Balaban J connectivity index is 1.99. The van der Waals surface area contributed by atoms with Gasteiger partial charge in [0, 0.05) is 0 Å². The van der Waals surface area contributed by atoms with E-state index in [4.69, 9.17) is 0 Å².